The van der Waals surface area contributed by atoms with Crippen LogP contribution in [0.1, 0.15) is 45.6 Å². The summed E-state index contributed by atoms with van der Waals surface area (Å²) in [6.45, 7) is 6.16. The van der Waals surface area contributed by atoms with Crippen LogP contribution in [-0.4, -0.2) is 55.9 Å². The number of carbonyl (C=O) groups excluding carboxylic acids is 3. The molecular weight excluding hydrogens is 534 g/mol. The SMILES string of the molecule is CC[C@H](C)[C@H](CO)N1C(=O)[C@@H]2[C@@H](C(=O)NCc3ccccc3)[C@@]3(C)CCC2(S3)C1C(=O)Nc1ccccc1Cl. The highest BCUT2D eigenvalue weighted by atomic mass is 35.5. The standard InChI is InChI=1S/C30H36ClN3O4S/c1-4-18(2)22(17-35)34-25(27(37)33-21-13-9-8-12-20(21)31)30-15-14-29(3,39-30)23(24(30)28(34)38)26(36)32-16-19-10-6-5-7-11-19/h5-13,18,22-25,35H,4,14-17H2,1-3H3,(H,32,36)(H,33,37)/t18-,22-,23-,24-,25?,29+,30?/m0/s1. The van der Waals surface area contributed by atoms with E-state index in [1.165, 1.54) is 0 Å². The highest BCUT2D eigenvalue weighted by Gasteiger charge is 2.77. The molecule has 0 radical (unpaired) electrons. The molecule has 0 aliphatic carbocycles. The average Bonchev–Trinajstić information content (AvgIpc) is 3.50. The Kier molecular flexibility index (Phi) is 7.74. The van der Waals surface area contributed by atoms with Crippen LogP contribution in [0.15, 0.2) is 54.6 Å². The van der Waals surface area contributed by atoms with E-state index in [4.69, 9.17) is 11.6 Å². The van der Waals surface area contributed by atoms with Crippen molar-refractivity contribution in [3.05, 3.63) is 65.2 Å². The molecule has 0 saturated carbocycles. The lowest BCUT2D eigenvalue weighted by molar-refractivity contribution is -0.143. The minimum Gasteiger partial charge on any atom is -0.394 e. The van der Waals surface area contributed by atoms with Gasteiger partial charge in [0.15, 0.2) is 0 Å². The van der Waals surface area contributed by atoms with Gasteiger partial charge in [-0.1, -0.05) is 74.3 Å². The minimum absolute atomic E-state index is 0.0343. The number of hydrogen-bond acceptors (Lipinski definition) is 5. The number of hydrogen-bond donors (Lipinski definition) is 3. The number of halogens is 1. The van der Waals surface area contributed by atoms with Gasteiger partial charge in [-0.15, -0.1) is 11.8 Å². The van der Waals surface area contributed by atoms with Gasteiger partial charge in [-0.2, -0.15) is 0 Å². The first-order chi connectivity index (χ1) is 18.7. The van der Waals surface area contributed by atoms with Crippen molar-refractivity contribution in [1.82, 2.24) is 10.2 Å². The molecule has 7 nitrogen and oxygen atoms in total. The third kappa shape index (κ3) is 4.64. The number of amides is 3. The number of rotatable bonds is 9. The molecule has 3 aliphatic rings. The first kappa shape index (κ1) is 28.0. The summed E-state index contributed by atoms with van der Waals surface area (Å²) in [7, 11) is 0. The number of likely N-dealkylation sites (tertiary alicyclic amines) is 1. The second-order valence-corrected chi connectivity index (χ2v) is 13.6. The second kappa shape index (κ2) is 10.8. The van der Waals surface area contributed by atoms with Crippen LogP contribution in [0.5, 0.6) is 0 Å². The van der Waals surface area contributed by atoms with E-state index in [0.717, 1.165) is 18.4 Å². The van der Waals surface area contributed by atoms with Gasteiger partial charge in [-0.25, -0.2) is 0 Å². The summed E-state index contributed by atoms with van der Waals surface area (Å²) in [6.07, 6.45) is 2.10. The fourth-order valence-electron chi connectivity index (χ4n) is 6.89. The zero-order chi connectivity index (χ0) is 27.9. The van der Waals surface area contributed by atoms with E-state index in [0.29, 0.717) is 23.7 Å². The summed E-state index contributed by atoms with van der Waals surface area (Å²) in [5, 5.41) is 16.9. The van der Waals surface area contributed by atoms with Crippen LogP contribution >= 0.6 is 23.4 Å². The first-order valence-electron chi connectivity index (χ1n) is 13.7. The molecule has 2 unspecified atom stereocenters. The molecule has 2 bridgehead atoms. The Hall–Kier alpha value is -2.55. The molecule has 0 aromatic heterocycles. The van der Waals surface area contributed by atoms with E-state index < -0.39 is 33.4 Å². The smallest absolute Gasteiger partial charge is 0.248 e. The minimum atomic E-state index is -0.837. The number of anilines is 1. The number of nitrogens with one attached hydrogen (secondary N) is 2. The van der Waals surface area contributed by atoms with Crippen LogP contribution in [0.25, 0.3) is 0 Å². The number of thioether (sulfide) groups is 1. The number of nitrogens with zero attached hydrogens (tertiary/aromatic N) is 1. The van der Waals surface area contributed by atoms with Crippen molar-refractivity contribution in [2.45, 2.75) is 68.2 Å². The predicted molar refractivity (Wildman–Crippen MR) is 154 cm³/mol. The highest BCUT2D eigenvalue weighted by molar-refractivity contribution is 8.02. The van der Waals surface area contributed by atoms with Crippen LogP contribution in [0.2, 0.25) is 5.02 Å². The normalized spacial score (nSPS) is 30.6. The maximum absolute atomic E-state index is 14.4. The third-order valence-corrected chi connectivity index (χ3v) is 11.3. The number of benzene rings is 2. The van der Waals surface area contributed by atoms with Gasteiger partial charge in [0.2, 0.25) is 17.7 Å². The van der Waals surface area contributed by atoms with E-state index in [1.807, 2.05) is 44.2 Å². The largest absolute Gasteiger partial charge is 0.394 e. The third-order valence-electron chi connectivity index (χ3n) is 9.03. The van der Waals surface area contributed by atoms with Crippen molar-refractivity contribution in [2.75, 3.05) is 11.9 Å². The fourth-order valence-corrected chi connectivity index (χ4v) is 9.42. The molecule has 3 aliphatic heterocycles. The van der Waals surface area contributed by atoms with Crippen molar-refractivity contribution in [2.24, 2.45) is 17.8 Å². The number of aliphatic hydroxyl groups excluding tert-OH is 1. The van der Waals surface area contributed by atoms with Crippen LogP contribution in [-0.2, 0) is 20.9 Å². The van der Waals surface area contributed by atoms with Crippen LogP contribution in [0.4, 0.5) is 5.69 Å². The molecule has 208 valence electrons. The molecule has 2 aromatic carbocycles. The topological polar surface area (TPSA) is 98.7 Å². The Balaban J connectivity index is 1.52. The highest BCUT2D eigenvalue weighted by Crippen LogP contribution is 2.71. The number of fused-ring (bicyclic) bond motifs is 1. The molecule has 2 aromatic rings. The Morgan fingerprint density at radius 3 is 2.49 bits per heavy atom. The second-order valence-electron chi connectivity index (χ2n) is 11.3. The summed E-state index contributed by atoms with van der Waals surface area (Å²) >= 11 is 7.99. The van der Waals surface area contributed by atoms with Gasteiger partial charge in [-0.3, -0.25) is 14.4 Å². The molecule has 3 N–H and O–H groups in total. The van der Waals surface area contributed by atoms with Gasteiger partial charge in [-0.05, 0) is 43.4 Å². The number of para-hydroxylation sites is 1. The summed E-state index contributed by atoms with van der Waals surface area (Å²) in [6, 6.07) is 15.3. The van der Waals surface area contributed by atoms with E-state index in [1.54, 1.807) is 40.9 Å². The van der Waals surface area contributed by atoms with Gasteiger partial charge >= 0.3 is 0 Å². The maximum atomic E-state index is 14.4. The zero-order valence-electron chi connectivity index (χ0n) is 22.5. The van der Waals surface area contributed by atoms with Crippen molar-refractivity contribution in [1.29, 1.82) is 0 Å². The van der Waals surface area contributed by atoms with Crippen LogP contribution in [0, 0.1) is 17.8 Å². The molecule has 39 heavy (non-hydrogen) atoms. The Morgan fingerprint density at radius 2 is 1.82 bits per heavy atom. The quantitative estimate of drug-likeness (QED) is 0.413. The molecule has 5 rings (SSSR count). The lowest BCUT2D eigenvalue weighted by atomic mass is 9.66. The molecule has 7 atom stereocenters. The van der Waals surface area contributed by atoms with Gasteiger partial charge in [0, 0.05) is 11.3 Å². The molecule has 3 amide bonds. The monoisotopic (exact) mass is 569 g/mol. The summed E-state index contributed by atoms with van der Waals surface area (Å²) in [4.78, 5) is 43.9. The lowest BCUT2D eigenvalue weighted by Gasteiger charge is -2.39. The van der Waals surface area contributed by atoms with E-state index in [9.17, 15) is 19.5 Å². The molecule has 1 spiro atoms. The summed E-state index contributed by atoms with van der Waals surface area (Å²) < 4.78 is -1.24. The van der Waals surface area contributed by atoms with Gasteiger partial charge in [0.25, 0.3) is 0 Å². The molecular formula is C30H36ClN3O4S. The zero-order valence-corrected chi connectivity index (χ0v) is 24.1. The van der Waals surface area contributed by atoms with E-state index in [2.05, 4.69) is 17.6 Å². The Morgan fingerprint density at radius 1 is 1.13 bits per heavy atom. The van der Waals surface area contributed by atoms with Crippen LogP contribution in [0.3, 0.4) is 0 Å². The Labute approximate surface area is 239 Å². The van der Waals surface area contributed by atoms with Crippen LogP contribution < -0.4 is 10.6 Å². The van der Waals surface area contributed by atoms with Gasteiger partial charge in [0.1, 0.15) is 6.04 Å². The maximum Gasteiger partial charge on any atom is 0.248 e. The number of aliphatic hydroxyl groups is 1. The molecule has 9 heteroatoms. The van der Waals surface area contributed by atoms with Crippen molar-refractivity contribution in [3.8, 4) is 0 Å². The van der Waals surface area contributed by atoms with Gasteiger partial charge in [0.05, 0.1) is 39.9 Å². The fraction of sp³-hybridized carbons (Fsp3) is 0.500. The average molecular weight is 570 g/mol. The van der Waals surface area contributed by atoms with E-state index >= 15 is 0 Å². The van der Waals surface area contributed by atoms with Crippen molar-refractivity contribution < 1.29 is 19.5 Å². The molecule has 3 fully saturated rings. The van der Waals surface area contributed by atoms with Gasteiger partial charge < -0.3 is 20.6 Å². The predicted octanol–water partition coefficient (Wildman–Crippen LogP) is 4.48. The summed E-state index contributed by atoms with van der Waals surface area (Å²) in [5.74, 6) is -1.98. The molecule has 3 saturated heterocycles. The molecule has 3 heterocycles. The first-order valence-corrected chi connectivity index (χ1v) is 14.9. The van der Waals surface area contributed by atoms with E-state index in [-0.39, 0.29) is 30.2 Å². The summed E-state index contributed by atoms with van der Waals surface area (Å²) in [5.41, 5.74) is 1.46. The lowest BCUT2D eigenvalue weighted by Crippen LogP contribution is -2.56. The van der Waals surface area contributed by atoms with Crippen molar-refractivity contribution >= 4 is 46.8 Å². The number of carbonyl (C=O) groups is 3. The Bertz CT molecular complexity index is 1260. The van der Waals surface area contributed by atoms with Crippen molar-refractivity contribution in [3.63, 3.8) is 0 Å².